The van der Waals surface area contributed by atoms with E-state index in [4.69, 9.17) is 5.73 Å². The zero-order chi connectivity index (χ0) is 16.7. The predicted octanol–water partition coefficient (Wildman–Crippen LogP) is 1.36. The van der Waals surface area contributed by atoms with Gasteiger partial charge < -0.3 is 20.4 Å². The van der Waals surface area contributed by atoms with Crippen LogP contribution in [0.25, 0.3) is 0 Å². The lowest BCUT2D eigenvalue weighted by molar-refractivity contribution is -0.135. The van der Waals surface area contributed by atoms with Gasteiger partial charge in [0.25, 0.3) is 0 Å². The smallest absolute Gasteiger partial charge is 0.222 e. The quantitative estimate of drug-likeness (QED) is 0.735. The molecule has 0 spiro atoms. The summed E-state index contributed by atoms with van der Waals surface area (Å²) in [6.07, 6.45) is 3.88. The summed E-state index contributed by atoms with van der Waals surface area (Å²) in [5.74, 6) is 0.954. The van der Waals surface area contributed by atoms with Crippen LogP contribution >= 0.6 is 24.8 Å². The second kappa shape index (κ2) is 12.7. The maximum absolute atomic E-state index is 12.4. The van der Waals surface area contributed by atoms with Gasteiger partial charge in [0.1, 0.15) is 0 Å². The third kappa shape index (κ3) is 7.69. The maximum atomic E-state index is 12.4. The number of hydrogen-bond donors (Lipinski definition) is 1. The third-order valence-electron chi connectivity index (χ3n) is 5.20. The molecular formula is C17H34Cl2N4O2. The van der Waals surface area contributed by atoms with E-state index in [9.17, 15) is 9.59 Å². The Balaban J connectivity index is 0.00000288. The molecule has 0 aromatic carbocycles. The van der Waals surface area contributed by atoms with Crippen molar-refractivity contribution in [3.8, 4) is 0 Å². The Morgan fingerprint density at radius 2 is 1.48 bits per heavy atom. The number of likely N-dealkylation sites (N-methyl/N-ethyl adjacent to an activating group) is 1. The van der Waals surface area contributed by atoms with Crippen molar-refractivity contribution < 1.29 is 9.59 Å². The number of nitrogens with zero attached hydrogens (tertiary/aromatic N) is 3. The molecule has 6 nitrogen and oxygen atoms in total. The van der Waals surface area contributed by atoms with Crippen LogP contribution in [0.15, 0.2) is 0 Å². The molecule has 2 amide bonds. The highest BCUT2D eigenvalue weighted by Crippen LogP contribution is 2.22. The minimum Gasteiger partial charge on any atom is -0.343 e. The van der Waals surface area contributed by atoms with E-state index in [2.05, 4.69) is 11.8 Å². The maximum Gasteiger partial charge on any atom is 0.222 e. The number of amides is 2. The van der Waals surface area contributed by atoms with Gasteiger partial charge in [0, 0.05) is 52.1 Å². The van der Waals surface area contributed by atoms with Crippen LogP contribution in [-0.4, -0.2) is 78.9 Å². The van der Waals surface area contributed by atoms with Crippen LogP contribution in [0.2, 0.25) is 0 Å². The van der Waals surface area contributed by atoms with Gasteiger partial charge >= 0.3 is 0 Å². The van der Waals surface area contributed by atoms with Crippen LogP contribution < -0.4 is 5.73 Å². The fourth-order valence-corrected chi connectivity index (χ4v) is 3.49. The minimum absolute atomic E-state index is 0. The Bertz CT molecular complexity index is 396. The number of likely N-dealkylation sites (tertiary alicyclic amines) is 1. The van der Waals surface area contributed by atoms with E-state index in [0.717, 1.165) is 65.1 Å². The van der Waals surface area contributed by atoms with Gasteiger partial charge in [0.15, 0.2) is 0 Å². The molecule has 2 aliphatic heterocycles. The zero-order valence-electron chi connectivity index (χ0n) is 15.3. The lowest BCUT2D eigenvalue weighted by Gasteiger charge is -2.36. The molecule has 0 radical (unpaired) electrons. The van der Waals surface area contributed by atoms with Crippen LogP contribution in [0.3, 0.4) is 0 Å². The number of piperazine rings is 1. The van der Waals surface area contributed by atoms with E-state index in [0.29, 0.717) is 31.2 Å². The molecule has 2 saturated heterocycles. The summed E-state index contributed by atoms with van der Waals surface area (Å²) in [6, 6.07) is 0. The lowest BCUT2D eigenvalue weighted by atomic mass is 9.92. The summed E-state index contributed by atoms with van der Waals surface area (Å²) >= 11 is 0. The van der Waals surface area contributed by atoms with E-state index in [1.807, 2.05) is 9.80 Å². The number of piperidine rings is 1. The Morgan fingerprint density at radius 1 is 0.920 bits per heavy atom. The second-order valence-electron chi connectivity index (χ2n) is 6.74. The fourth-order valence-electron chi connectivity index (χ4n) is 3.49. The molecule has 0 unspecified atom stereocenters. The van der Waals surface area contributed by atoms with Crippen LogP contribution in [-0.2, 0) is 9.59 Å². The zero-order valence-corrected chi connectivity index (χ0v) is 17.0. The molecule has 2 heterocycles. The molecule has 8 heteroatoms. The average molecular weight is 397 g/mol. The topological polar surface area (TPSA) is 69.9 Å². The number of nitrogens with two attached hydrogens (primary N) is 1. The molecule has 0 aliphatic carbocycles. The monoisotopic (exact) mass is 396 g/mol. The normalized spacial score (nSPS) is 19.1. The van der Waals surface area contributed by atoms with E-state index < -0.39 is 0 Å². The Hall–Kier alpha value is -0.560. The van der Waals surface area contributed by atoms with Gasteiger partial charge in [0.05, 0.1) is 0 Å². The fraction of sp³-hybridized carbons (Fsp3) is 0.882. The highest BCUT2D eigenvalue weighted by atomic mass is 35.5. The summed E-state index contributed by atoms with van der Waals surface area (Å²) < 4.78 is 0. The van der Waals surface area contributed by atoms with E-state index in [1.165, 1.54) is 0 Å². The first kappa shape index (κ1) is 24.4. The third-order valence-corrected chi connectivity index (χ3v) is 5.20. The summed E-state index contributed by atoms with van der Waals surface area (Å²) in [4.78, 5) is 30.8. The van der Waals surface area contributed by atoms with Crippen molar-refractivity contribution in [1.82, 2.24) is 14.7 Å². The highest BCUT2D eigenvalue weighted by Gasteiger charge is 2.27. The molecule has 2 N–H and O–H groups in total. The molecule has 0 aromatic rings. The van der Waals surface area contributed by atoms with Crippen LogP contribution in [0.4, 0.5) is 0 Å². The van der Waals surface area contributed by atoms with Crippen molar-refractivity contribution in [1.29, 1.82) is 0 Å². The van der Waals surface area contributed by atoms with Crippen molar-refractivity contribution in [3.63, 3.8) is 0 Å². The van der Waals surface area contributed by atoms with Gasteiger partial charge in [0.2, 0.25) is 11.8 Å². The lowest BCUT2D eigenvalue weighted by Crippen LogP contribution is -2.49. The van der Waals surface area contributed by atoms with Gasteiger partial charge in [-0.05, 0) is 38.3 Å². The molecule has 2 fully saturated rings. The number of rotatable bonds is 6. The average Bonchev–Trinajstić information content (AvgIpc) is 2.60. The predicted molar refractivity (Wildman–Crippen MR) is 105 cm³/mol. The summed E-state index contributed by atoms with van der Waals surface area (Å²) in [5.41, 5.74) is 5.46. The van der Waals surface area contributed by atoms with Gasteiger partial charge in [-0.25, -0.2) is 0 Å². The van der Waals surface area contributed by atoms with Crippen molar-refractivity contribution in [3.05, 3.63) is 0 Å². The Kier molecular flexibility index (Phi) is 12.5. The van der Waals surface area contributed by atoms with E-state index >= 15 is 0 Å². The Labute approximate surface area is 164 Å². The first-order valence-electron chi connectivity index (χ1n) is 9.12. The molecular weight excluding hydrogens is 363 g/mol. The van der Waals surface area contributed by atoms with Crippen molar-refractivity contribution in [2.24, 2.45) is 11.7 Å². The number of halogens is 2. The van der Waals surface area contributed by atoms with Gasteiger partial charge in [-0.15, -0.1) is 24.8 Å². The van der Waals surface area contributed by atoms with Crippen LogP contribution in [0, 0.1) is 5.92 Å². The molecule has 2 aliphatic rings. The summed E-state index contributed by atoms with van der Waals surface area (Å²) in [6.45, 7) is 9.12. The minimum atomic E-state index is 0. The summed E-state index contributed by atoms with van der Waals surface area (Å²) in [5, 5.41) is 0. The molecule has 0 atom stereocenters. The number of hydrogen-bond acceptors (Lipinski definition) is 4. The number of carbonyl (C=O) groups excluding carboxylic acids is 2. The standard InChI is InChI=1S/C17H32N4O2.2ClH/c1-2-19-10-12-21(13-11-19)17(23)14-15-5-8-20(9-6-15)16(22)4-3-7-18;;/h15H,2-14,18H2,1H3;2*1H. The molecule has 25 heavy (non-hydrogen) atoms. The largest absolute Gasteiger partial charge is 0.343 e. The van der Waals surface area contributed by atoms with Crippen LogP contribution in [0.5, 0.6) is 0 Å². The van der Waals surface area contributed by atoms with E-state index in [1.54, 1.807) is 0 Å². The van der Waals surface area contributed by atoms with Gasteiger partial charge in [-0.2, -0.15) is 0 Å². The van der Waals surface area contributed by atoms with Gasteiger partial charge in [-0.1, -0.05) is 6.92 Å². The Morgan fingerprint density at radius 3 is 2.00 bits per heavy atom. The molecule has 0 bridgehead atoms. The molecule has 148 valence electrons. The van der Waals surface area contributed by atoms with Crippen molar-refractivity contribution in [2.75, 3.05) is 52.4 Å². The first-order valence-corrected chi connectivity index (χ1v) is 9.12. The number of carbonyl (C=O) groups is 2. The second-order valence-corrected chi connectivity index (χ2v) is 6.74. The molecule has 0 aromatic heterocycles. The molecule has 0 saturated carbocycles. The molecule has 2 rings (SSSR count). The SMILES string of the molecule is CCN1CCN(C(=O)CC2CCN(C(=O)CCCN)CC2)CC1.Cl.Cl. The van der Waals surface area contributed by atoms with Crippen molar-refractivity contribution >= 4 is 36.6 Å². The van der Waals surface area contributed by atoms with Crippen molar-refractivity contribution in [2.45, 2.75) is 39.0 Å². The van der Waals surface area contributed by atoms with Crippen LogP contribution in [0.1, 0.15) is 39.0 Å². The first-order chi connectivity index (χ1) is 11.1. The summed E-state index contributed by atoms with van der Waals surface area (Å²) in [7, 11) is 0. The highest BCUT2D eigenvalue weighted by molar-refractivity contribution is 5.85. The van der Waals surface area contributed by atoms with Gasteiger partial charge in [-0.3, -0.25) is 9.59 Å². The van der Waals surface area contributed by atoms with E-state index in [-0.39, 0.29) is 30.7 Å².